The average Bonchev–Trinajstić information content (AvgIpc) is 2.55. The van der Waals surface area contributed by atoms with Crippen LogP contribution in [-0.2, 0) is 0 Å². The third-order valence-electron chi connectivity index (χ3n) is 3.15. The Labute approximate surface area is 68.0 Å². The summed E-state index contributed by atoms with van der Waals surface area (Å²) in [5, 5.41) is 13.1. The Balaban J connectivity index is 1.92. The molecule has 0 aromatic heterocycles. The van der Waals surface area contributed by atoms with Crippen LogP contribution < -0.4 is 5.32 Å². The van der Waals surface area contributed by atoms with Gasteiger partial charge in [-0.05, 0) is 32.2 Å². The molecular weight excluding hydrogens is 138 g/mol. The van der Waals surface area contributed by atoms with Crippen LogP contribution in [0.5, 0.6) is 0 Å². The van der Waals surface area contributed by atoms with Crippen LogP contribution in [0.15, 0.2) is 0 Å². The molecule has 2 aliphatic rings. The molecule has 0 unspecified atom stereocenters. The summed E-state index contributed by atoms with van der Waals surface area (Å²) in [6.07, 6.45) is 6.06. The van der Waals surface area contributed by atoms with E-state index in [9.17, 15) is 5.11 Å². The van der Waals surface area contributed by atoms with E-state index in [1.807, 2.05) is 0 Å². The van der Waals surface area contributed by atoms with Crippen molar-refractivity contribution in [1.82, 2.24) is 5.32 Å². The smallest absolute Gasteiger partial charge is 0.0583 e. The summed E-state index contributed by atoms with van der Waals surface area (Å²) in [4.78, 5) is 0. The standard InChI is InChI=1S/C9H17NO/c11-9-5-1-3-7(9)8-4-2-6-10-8/h7-11H,1-6H2/t7-,8+,9+/m0/s1. The first-order chi connectivity index (χ1) is 5.38. The summed E-state index contributed by atoms with van der Waals surface area (Å²) in [6.45, 7) is 1.16. The van der Waals surface area contributed by atoms with Gasteiger partial charge in [-0.2, -0.15) is 0 Å². The monoisotopic (exact) mass is 155 g/mol. The second-order valence-electron chi connectivity index (χ2n) is 3.86. The van der Waals surface area contributed by atoms with Gasteiger partial charge in [-0.25, -0.2) is 0 Å². The normalized spacial score (nSPS) is 45.0. The summed E-state index contributed by atoms with van der Waals surface area (Å²) in [7, 11) is 0. The molecule has 0 spiro atoms. The lowest BCUT2D eigenvalue weighted by molar-refractivity contribution is 0.114. The van der Waals surface area contributed by atoms with E-state index >= 15 is 0 Å². The SMILES string of the molecule is O[C@@H]1CCC[C@H]1[C@H]1CCCN1. The van der Waals surface area contributed by atoms with Gasteiger partial charge < -0.3 is 10.4 Å². The Kier molecular flexibility index (Phi) is 2.14. The van der Waals surface area contributed by atoms with E-state index in [1.165, 1.54) is 25.7 Å². The van der Waals surface area contributed by atoms with Crippen molar-refractivity contribution in [3.8, 4) is 0 Å². The molecule has 0 aromatic rings. The summed E-state index contributed by atoms with van der Waals surface area (Å²) >= 11 is 0. The number of aliphatic hydroxyl groups is 1. The number of hydrogen-bond acceptors (Lipinski definition) is 2. The van der Waals surface area contributed by atoms with Crippen molar-refractivity contribution in [1.29, 1.82) is 0 Å². The predicted molar refractivity (Wildman–Crippen MR) is 44.4 cm³/mol. The second kappa shape index (κ2) is 3.11. The Bertz CT molecular complexity index is 132. The van der Waals surface area contributed by atoms with Crippen molar-refractivity contribution in [3.63, 3.8) is 0 Å². The van der Waals surface area contributed by atoms with E-state index in [-0.39, 0.29) is 6.10 Å². The van der Waals surface area contributed by atoms with Gasteiger partial charge in [0.2, 0.25) is 0 Å². The molecule has 2 heteroatoms. The Morgan fingerprint density at radius 3 is 2.55 bits per heavy atom. The average molecular weight is 155 g/mol. The van der Waals surface area contributed by atoms with Crippen LogP contribution in [0.2, 0.25) is 0 Å². The molecule has 1 aliphatic heterocycles. The first-order valence-electron chi connectivity index (χ1n) is 4.79. The molecule has 0 bridgehead atoms. The molecule has 2 fully saturated rings. The Morgan fingerprint density at radius 2 is 2.00 bits per heavy atom. The van der Waals surface area contributed by atoms with Gasteiger partial charge in [0.05, 0.1) is 6.10 Å². The molecule has 0 radical (unpaired) electrons. The minimum atomic E-state index is -0.00870. The molecule has 2 nitrogen and oxygen atoms in total. The van der Waals surface area contributed by atoms with E-state index in [0.29, 0.717) is 12.0 Å². The Morgan fingerprint density at radius 1 is 1.09 bits per heavy atom. The van der Waals surface area contributed by atoms with E-state index in [0.717, 1.165) is 13.0 Å². The van der Waals surface area contributed by atoms with Crippen molar-refractivity contribution >= 4 is 0 Å². The van der Waals surface area contributed by atoms with Crippen molar-refractivity contribution in [2.75, 3.05) is 6.54 Å². The molecule has 3 atom stereocenters. The highest BCUT2D eigenvalue weighted by atomic mass is 16.3. The number of hydrogen-bond donors (Lipinski definition) is 2. The van der Waals surface area contributed by atoms with E-state index in [4.69, 9.17) is 0 Å². The highest BCUT2D eigenvalue weighted by Gasteiger charge is 2.33. The third kappa shape index (κ3) is 1.42. The van der Waals surface area contributed by atoms with Crippen LogP contribution in [0.25, 0.3) is 0 Å². The molecule has 0 amide bonds. The summed E-state index contributed by atoms with van der Waals surface area (Å²) < 4.78 is 0. The first kappa shape index (κ1) is 7.56. The van der Waals surface area contributed by atoms with Gasteiger partial charge >= 0.3 is 0 Å². The van der Waals surface area contributed by atoms with Crippen molar-refractivity contribution in [2.24, 2.45) is 5.92 Å². The van der Waals surface area contributed by atoms with Gasteiger partial charge in [0.25, 0.3) is 0 Å². The fraction of sp³-hybridized carbons (Fsp3) is 1.00. The lowest BCUT2D eigenvalue weighted by Gasteiger charge is -2.21. The van der Waals surface area contributed by atoms with Crippen LogP contribution in [0.3, 0.4) is 0 Å². The van der Waals surface area contributed by atoms with Gasteiger partial charge in [-0.3, -0.25) is 0 Å². The van der Waals surface area contributed by atoms with Gasteiger partial charge in [0.15, 0.2) is 0 Å². The van der Waals surface area contributed by atoms with Crippen molar-refractivity contribution in [2.45, 2.75) is 44.2 Å². The molecule has 1 aliphatic carbocycles. The zero-order valence-corrected chi connectivity index (χ0v) is 6.92. The predicted octanol–water partition coefficient (Wildman–Crippen LogP) is 0.899. The maximum absolute atomic E-state index is 9.61. The second-order valence-corrected chi connectivity index (χ2v) is 3.86. The lowest BCUT2D eigenvalue weighted by Crippen LogP contribution is -2.34. The van der Waals surface area contributed by atoms with Gasteiger partial charge in [0.1, 0.15) is 0 Å². The van der Waals surface area contributed by atoms with E-state index < -0.39 is 0 Å². The number of aliphatic hydroxyl groups excluding tert-OH is 1. The first-order valence-corrected chi connectivity index (χ1v) is 4.79. The zero-order chi connectivity index (χ0) is 7.68. The number of nitrogens with one attached hydrogen (secondary N) is 1. The maximum atomic E-state index is 9.61. The van der Waals surface area contributed by atoms with Crippen molar-refractivity contribution < 1.29 is 5.11 Å². The highest BCUT2D eigenvalue weighted by molar-refractivity contribution is 4.89. The highest BCUT2D eigenvalue weighted by Crippen LogP contribution is 2.31. The fourth-order valence-electron chi connectivity index (χ4n) is 2.52. The molecule has 1 saturated carbocycles. The summed E-state index contributed by atoms with van der Waals surface area (Å²) in [5.41, 5.74) is 0. The van der Waals surface area contributed by atoms with E-state index in [2.05, 4.69) is 5.32 Å². The number of rotatable bonds is 1. The molecule has 0 aromatic carbocycles. The van der Waals surface area contributed by atoms with Crippen LogP contribution >= 0.6 is 0 Å². The summed E-state index contributed by atoms with van der Waals surface area (Å²) in [6, 6.07) is 0.632. The molecule has 1 heterocycles. The van der Waals surface area contributed by atoms with Crippen LogP contribution in [0.4, 0.5) is 0 Å². The summed E-state index contributed by atoms with van der Waals surface area (Å²) in [5.74, 6) is 0.567. The van der Waals surface area contributed by atoms with E-state index in [1.54, 1.807) is 0 Å². The van der Waals surface area contributed by atoms with Crippen molar-refractivity contribution in [3.05, 3.63) is 0 Å². The molecule has 2 N–H and O–H groups in total. The molecule has 1 saturated heterocycles. The minimum absolute atomic E-state index is 0.00870. The Hall–Kier alpha value is -0.0800. The lowest BCUT2D eigenvalue weighted by atomic mass is 9.95. The maximum Gasteiger partial charge on any atom is 0.0583 e. The fourth-order valence-corrected chi connectivity index (χ4v) is 2.52. The third-order valence-corrected chi connectivity index (χ3v) is 3.15. The molecule has 64 valence electrons. The zero-order valence-electron chi connectivity index (χ0n) is 6.92. The van der Waals surface area contributed by atoms with Gasteiger partial charge in [-0.15, -0.1) is 0 Å². The van der Waals surface area contributed by atoms with Gasteiger partial charge in [-0.1, -0.05) is 6.42 Å². The topological polar surface area (TPSA) is 32.3 Å². The van der Waals surface area contributed by atoms with Crippen LogP contribution in [0, 0.1) is 5.92 Å². The van der Waals surface area contributed by atoms with Gasteiger partial charge in [0, 0.05) is 12.0 Å². The molecular formula is C9H17NO. The van der Waals surface area contributed by atoms with Crippen LogP contribution in [0.1, 0.15) is 32.1 Å². The molecule has 11 heavy (non-hydrogen) atoms. The molecule has 2 rings (SSSR count). The largest absolute Gasteiger partial charge is 0.393 e. The quantitative estimate of drug-likeness (QED) is 0.589. The minimum Gasteiger partial charge on any atom is -0.393 e. The van der Waals surface area contributed by atoms with Crippen LogP contribution in [-0.4, -0.2) is 23.8 Å².